The maximum Gasteiger partial charge on any atom is 0.251 e. The summed E-state index contributed by atoms with van der Waals surface area (Å²) in [5, 5.41) is 3.15. The Hall–Kier alpha value is -2.33. The monoisotopic (exact) mass is 394 g/mol. The molecule has 1 N–H and O–H groups in total. The van der Waals surface area contributed by atoms with Gasteiger partial charge in [0.2, 0.25) is 0 Å². The second-order valence-electron chi connectivity index (χ2n) is 8.29. The van der Waals surface area contributed by atoms with E-state index < -0.39 is 0 Å². The summed E-state index contributed by atoms with van der Waals surface area (Å²) in [7, 11) is 0. The largest absolute Gasteiger partial charge is 0.493 e. The molecule has 2 aromatic carbocycles. The lowest BCUT2D eigenvalue weighted by Crippen LogP contribution is -2.36. The fourth-order valence-electron chi connectivity index (χ4n) is 3.74. The third-order valence-electron chi connectivity index (χ3n) is 5.51. The normalized spacial score (nSPS) is 15.4. The van der Waals surface area contributed by atoms with E-state index in [1.165, 1.54) is 24.0 Å². The van der Waals surface area contributed by atoms with Gasteiger partial charge in [0.15, 0.2) is 0 Å². The Labute approximate surface area is 175 Å². The molecule has 4 nitrogen and oxygen atoms in total. The van der Waals surface area contributed by atoms with Crippen LogP contribution in [0.3, 0.4) is 0 Å². The zero-order valence-electron chi connectivity index (χ0n) is 18.0. The molecule has 1 fully saturated rings. The van der Waals surface area contributed by atoms with E-state index in [0.717, 1.165) is 25.3 Å². The van der Waals surface area contributed by atoms with Crippen LogP contribution in [0, 0.1) is 5.92 Å². The Kier molecular flexibility index (Phi) is 7.70. The Balaban J connectivity index is 1.62. The van der Waals surface area contributed by atoms with Crippen LogP contribution in [0.15, 0.2) is 48.5 Å². The molecule has 0 aliphatic carbocycles. The molecule has 0 spiro atoms. The number of carbonyl (C=O) groups is 1. The van der Waals surface area contributed by atoms with Crippen LogP contribution < -0.4 is 10.1 Å². The van der Waals surface area contributed by atoms with Crippen LogP contribution in [0.25, 0.3) is 0 Å². The second kappa shape index (κ2) is 10.4. The van der Waals surface area contributed by atoms with E-state index in [-0.39, 0.29) is 11.9 Å². The molecule has 0 unspecified atom stereocenters. The van der Waals surface area contributed by atoms with Gasteiger partial charge in [-0.1, -0.05) is 45.0 Å². The molecule has 0 bridgehead atoms. The van der Waals surface area contributed by atoms with E-state index in [1.54, 1.807) is 0 Å². The third-order valence-corrected chi connectivity index (χ3v) is 5.51. The molecule has 1 aliphatic rings. The van der Waals surface area contributed by atoms with Crippen molar-refractivity contribution in [2.24, 2.45) is 5.92 Å². The van der Waals surface area contributed by atoms with Gasteiger partial charge >= 0.3 is 0 Å². The third kappa shape index (κ3) is 6.07. The summed E-state index contributed by atoms with van der Waals surface area (Å²) in [4.78, 5) is 15.2. The Bertz CT molecular complexity index is 762. The van der Waals surface area contributed by atoms with Crippen LogP contribution in [-0.4, -0.2) is 37.0 Å². The smallest absolute Gasteiger partial charge is 0.251 e. The number of rotatable bonds is 9. The van der Waals surface area contributed by atoms with Crippen LogP contribution in [0.5, 0.6) is 5.75 Å². The van der Waals surface area contributed by atoms with Gasteiger partial charge in [0, 0.05) is 12.1 Å². The number of ether oxygens (including phenoxy) is 1. The van der Waals surface area contributed by atoms with E-state index in [4.69, 9.17) is 4.74 Å². The number of benzene rings is 2. The fraction of sp³-hybridized carbons (Fsp3) is 0.480. The summed E-state index contributed by atoms with van der Waals surface area (Å²) < 4.78 is 5.71. The molecule has 156 valence electrons. The second-order valence-corrected chi connectivity index (χ2v) is 8.29. The zero-order chi connectivity index (χ0) is 20.6. The van der Waals surface area contributed by atoms with Gasteiger partial charge < -0.3 is 10.1 Å². The first-order valence-electron chi connectivity index (χ1n) is 10.9. The van der Waals surface area contributed by atoms with E-state index in [9.17, 15) is 4.79 Å². The lowest BCUT2D eigenvalue weighted by atomic mass is 10.0. The van der Waals surface area contributed by atoms with E-state index in [1.807, 2.05) is 24.3 Å². The summed E-state index contributed by atoms with van der Waals surface area (Å²) in [6.07, 6.45) is 3.51. The lowest BCUT2D eigenvalue weighted by molar-refractivity contribution is 0.0938. The highest BCUT2D eigenvalue weighted by Gasteiger charge is 2.24. The Morgan fingerprint density at radius 3 is 2.28 bits per heavy atom. The molecule has 4 heteroatoms. The van der Waals surface area contributed by atoms with Crippen LogP contribution >= 0.6 is 0 Å². The minimum Gasteiger partial charge on any atom is -0.493 e. The van der Waals surface area contributed by atoms with Crippen molar-refractivity contribution in [3.05, 3.63) is 65.2 Å². The molecule has 1 aliphatic heterocycles. The molecule has 29 heavy (non-hydrogen) atoms. The molecule has 1 saturated heterocycles. The van der Waals surface area contributed by atoms with Gasteiger partial charge in [0.05, 0.1) is 12.6 Å². The minimum atomic E-state index is -0.0326. The summed E-state index contributed by atoms with van der Waals surface area (Å²) in [5.74, 6) is 1.25. The zero-order valence-corrected chi connectivity index (χ0v) is 18.0. The molecular formula is C25H34N2O2. The predicted molar refractivity (Wildman–Crippen MR) is 118 cm³/mol. The number of amides is 1. The minimum absolute atomic E-state index is 0.0326. The average Bonchev–Trinajstić information content (AvgIpc) is 3.27. The number of nitrogens with zero attached hydrogens (tertiary/aromatic N) is 1. The maximum atomic E-state index is 12.7. The molecule has 1 amide bonds. The van der Waals surface area contributed by atoms with Crippen molar-refractivity contribution >= 4 is 5.91 Å². The number of hydrogen-bond donors (Lipinski definition) is 1. The van der Waals surface area contributed by atoms with Crippen molar-refractivity contribution in [2.75, 3.05) is 26.2 Å². The number of likely N-dealkylation sites (tertiary alicyclic amines) is 1. The Morgan fingerprint density at radius 2 is 1.69 bits per heavy atom. The molecule has 0 saturated carbocycles. The number of carbonyl (C=O) groups excluding carboxylic acids is 1. The van der Waals surface area contributed by atoms with Crippen LogP contribution in [0.1, 0.15) is 61.1 Å². The number of nitrogens with one attached hydrogen (secondary N) is 1. The van der Waals surface area contributed by atoms with E-state index >= 15 is 0 Å². The van der Waals surface area contributed by atoms with Gasteiger partial charge in [-0.05, 0) is 73.7 Å². The van der Waals surface area contributed by atoms with Crippen LogP contribution in [0.2, 0.25) is 0 Å². The quantitative estimate of drug-likeness (QED) is 0.661. The molecule has 1 atom stereocenters. The van der Waals surface area contributed by atoms with E-state index in [2.05, 4.69) is 55.3 Å². The first-order chi connectivity index (χ1) is 14.1. The van der Waals surface area contributed by atoms with Crippen molar-refractivity contribution in [1.29, 1.82) is 0 Å². The van der Waals surface area contributed by atoms with Crippen molar-refractivity contribution in [2.45, 2.75) is 46.1 Å². The predicted octanol–water partition coefficient (Wildman–Crippen LogP) is 4.85. The fourth-order valence-corrected chi connectivity index (χ4v) is 3.74. The standard InChI is InChI=1S/C25H34N2O2/c1-4-20-7-9-21(10-8-20)24(27-15-5-6-16-27)17-26-25(28)22-11-13-23(14-12-22)29-18-19(2)3/h7-14,19,24H,4-6,15-18H2,1-3H3,(H,26,28)/t24-/m1/s1. The highest BCUT2D eigenvalue weighted by molar-refractivity contribution is 5.94. The van der Waals surface area contributed by atoms with Crippen molar-refractivity contribution in [3.63, 3.8) is 0 Å². The highest BCUT2D eigenvalue weighted by Crippen LogP contribution is 2.25. The molecule has 2 aromatic rings. The van der Waals surface area contributed by atoms with Gasteiger partial charge in [0.25, 0.3) is 5.91 Å². The van der Waals surface area contributed by atoms with Gasteiger partial charge in [-0.2, -0.15) is 0 Å². The molecule has 0 radical (unpaired) electrons. The van der Waals surface area contributed by atoms with Crippen molar-refractivity contribution < 1.29 is 9.53 Å². The topological polar surface area (TPSA) is 41.6 Å². The molecular weight excluding hydrogens is 360 g/mol. The SMILES string of the molecule is CCc1ccc([C@@H](CNC(=O)c2ccc(OCC(C)C)cc2)N2CCCC2)cc1. The number of aryl methyl sites for hydroxylation is 1. The summed E-state index contributed by atoms with van der Waals surface area (Å²) >= 11 is 0. The first kappa shape index (κ1) is 21.4. The van der Waals surface area contributed by atoms with Crippen LogP contribution in [-0.2, 0) is 6.42 Å². The van der Waals surface area contributed by atoms with Crippen LogP contribution in [0.4, 0.5) is 0 Å². The van der Waals surface area contributed by atoms with Crippen molar-refractivity contribution in [3.8, 4) is 5.75 Å². The maximum absolute atomic E-state index is 12.7. The number of hydrogen-bond acceptors (Lipinski definition) is 3. The van der Waals surface area contributed by atoms with Crippen molar-refractivity contribution in [1.82, 2.24) is 10.2 Å². The van der Waals surface area contributed by atoms with E-state index in [0.29, 0.717) is 24.6 Å². The summed E-state index contributed by atoms with van der Waals surface area (Å²) in [5.41, 5.74) is 3.29. The molecule has 1 heterocycles. The lowest BCUT2D eigenvalue weighted by Gasteiger charge is -2.28. The van der Waals surface area contributed by atoms with Gasteiger partial charge in [-0.15, -0.1) is 0 Å². The van der Waals surface area contributed by atoms with Gasteiger partial charge in [-0.25, -0.2) is 0 Å². The highest BCUT2D eigenvalue weighted by atomic mass is 16.5. The molecule has 0 aromatic heterocycles. The van der Waals surface area contributed by atoms with Gasteiger partial charge in [-0.3, -0.25) is 9.69 Å². The summed E-state index contributed by atoms with van der Waals surface area (Å²) in [6.45, 7) is 9.90. The molecule has 3 rings (SSSR count). The van der Waals surface area contributed by atoms with Gasteiger partial charge in [0.1, 0.15) is 5.75 Å². The first-order valence-corrected chi connectivity index (χ1v) is 10.9. The average molecular weight is 395 g/mol. The summed E-state index contributed by atoms with van der Waals surface area (Å²) in [6, 6.07) is 16.5. The Morgan fingerprint density at radius 1 is 1.03 bits per heavy atom.